The van der Waals surface area contributed by atoms with Crippen LogP contribution in [0, 0.1) is 11.3 Å². The maximum Gasteiger partial charge on any atom is 0.304 e. The van der Waals surface area contributed by atoms with Gasteiger partial charge in [-0.3, -0.25) is 9.59 Å². The van der Waals surface area contributed by atoms with E-state index in [1.54, 1.807) is 30.0 Å². The van der Waals surface area contributed by atoms with Crippen LogP contribution in [-0.4, -0.2) is 39.6 Å². The zero-order chi connectivity index (χ0) is 23.0. The second-order valence-electron chi connectivity index (χ2n) is 9.29. The Kier molecular flexibility index (Phi) is 6.53. The Morgan fingerprint density at radius 3 is 2.38 bits per heavy atom. The zero-order valence-corrected chi connectivity index (χ0v) is 19.4. The zero-order valence-electron chi connectivity index (χ0n) is 17.9. The van der Waals surface area contributed by atoms with E-state index in [4.69, 9.17) is 23.2 Å². The smallest absolute Gasteiger partial charge is 0.304 e. The summed E-state index contributed by atoms with van der Waals surface area (Å²) in [5.41, 5.74) is 0.757. The van der Waals surface area contributed by atoms with Crippen molar-refractivity contribution in [3.05, 3.63) is 69.7 Å². The largest absolute Gasteiger partial charge is 0.481 e. The summed E-state index contributed by atoms with van der Waals surface area (Å²) >= 11 is 12.5. The van der Waals surface area contributed by atoms with Crippen molar-refractivity contribution < 1.29 is 19.8 Å². The number of carboxylic acids is 1. The van der Waals surface area contributed by atoms with Gasteiger partial charge in [0.1, 0.15) is 0 Å². The number of carbonyl (C=O) groups is 2. The van der Waals surface area contributed by atoms with E-state index in [0.29, 0.717) is 16.5 Å². The van der Waals surface area contributed by atoms with Crippen molar-refractivity contribution in [1.29, 1.82) is 0 Å². The molecule has 2 aromatic rings. The number of nitrogens with zero attached hydrogens (tertiary/aromatic N) is 1. The molecule has 0 bridgehead atoms. The molecule has 1 aliphatic heterocycles. The molecule has 1 saturated heterocycles. The molecule has 170 valence electrons. The predicted molar refractivity (Wildman–Crippen MR) is 124 cm³/mol. The molecule has 0 aromatic heterocycles. The van der Waals surface area contributed by atoms with Crippen molar-refractivity contribution >= 4 is 35.1 Å². The van der Waals surface area contributed by atoms with Gasteiger partial charge in [0.15, 0.2) is 0 Å². The number of benzene rings is 2. The number of aliphatic hydroxyl groups is 1. The lowest BCUT2D eigenvalue weighted by atomic mass is 9.67. The summed E-state index contributed by atoms with van der Waals surface area (Å²) in [5.74, 6) is -1.21. The lowest BCUT2D eigenvalue weighted by molar-refractivity contribution is -0.162. The number of amides is 1. The molecule has 4 atom stereocenters. The highest BCUT2D eigenvalue weighted by Crippen LogP contribution is 2.53. The predicted octanol–water partition coefficient (Wildman–Crippen LogP) is 5.30. The van der Waals surface area contributed by atoms with Crippen molar-refractivity contribution in [1.82, 2.24) is 4.90 Å². The molecule has 2 aromatic carbocycles. The molecular formula is C25H27Cl2NO4. The standard InChI is InChI=1S/C25H27Cl2NO4/c1-25(13-22(30)31)12-20(17-3-2-4-19(27)11-17)23(16-7-9-18(26)10-8-16)28(24(25)32)21(14-29)15-5-6-15/h2-4,7-11,15,20-21,23,29H,5-6,12-14H2,1H3,(H,30,31)/t20-,21?,23?,25-/m1/s1. The number of rotatable bonds is 7. The minimum absolute atomic E-state index is 0.161. The Balaban J connectivity index is 1.89. The molecule has 0 spiro atoms. The molecule has 2 unspecified atom stereocenters. The van der Waals surface area contributed by atoms with Gasteiger partial charge >= 0.3 is 5.97 Å². The van der Waals surface area contributed by atoms with E-state index in [1.165, 1.54) is 0 Å². The summed E-state index contributed by atoms with van der Waals surface area (Å²) in [7, 11) is 0. The van der Waals surface area contributed by atoms with E-state index >= 15 is 0 Å². The van der Waals surface area contributed by atoms with Gasteiger partial charge in [-0.15, -0.1) is 0 Å². The fourth-order valence-corrected chi connectivity index (χ4v) is 5.51. The minimum atomic E-state index is -1.09. The average Bonchev–Trinajstić information content (AvgIpc) is 3.57. The Hall–Kier alpha value is -2.08. The maximum atomic E-state index is 13.9. The van der Waals surface area contributed by atoms with E-state index in [9.17, 15) is 19.8 Å². The molecule has 4 rings (SSSR count). The van der Waals surface area contributed by atoms with Crippen LogP contribution in [0.2, 0.25) is 10.0 Å². The van der Waals surface area contributed by atoms with Crippen LogP contribution in [0.15, 0.2) is 48.5 Å². The number of hydrogen-bond donors (Lipinski definition) is 2. The summed E-state index contributed by atoms with van der Waals surface area (Å²) < 4.78 is 0. The Labute approximate surface area is 197 Å². The molecule has 1 aliphatic carbocycles. The molecule has 2 fully saturated rings. The van der Waals surface area contributed by atoms with Crippen LogP contribution in [-0.2, 0) is 9.59 Å². The van der Waals surface area contributed by atoms with E-state index in [1.807, 2.05) is 30.3 Å². The van der Waals surface area contributed by atoms with Crippen LogP contribution in [0.3, 0.4) is 0 Å². The van der Waals surface area contributed by atoms with Crippen molar-refractivity contribution in [2.75, 3.05) is 6.61 Å². The van der Waals surface area contributed by atoms with Crippen LogP contribution >= 0.6 is 23.2 Å². The molecule has 1 heterocycles. The van der Waals surface area contributed by atoms with E-state index in [0.717, 1.165) is 24.0 Å². The summed E-state index contributed by atoms with van der Waals surface area (Å²) in [6.45, 7) is 1.57. The number of aliphatic hydroxyl groups excluding tert-OH is 1. The normalized spacial score (nSPS) is 26.8. The quantitative estimate of drug-likeness (QED) is 0.569. The van der Waals surface area contributed by atoms with E-state index in [-0.39, 0.29) is 42.9 Å². The summed E-state index contributed by atoms with van der Waals surface area (Å²) in [5, 5.41) is 21.1. The molecule has 2 N–H and O–H groups in total. The number of hydrogen-bond acceptors (Lipinski definition) is 3. The first-order chi connectivity index (χ1) is 15.2. The van der Waals surface area contributed by atoms with Gasteiger partial charge in [0.2, 0.25) is 5.91 Å². The third-order valence-corrected chi connectivity index (χ3v) is 7.33. The SMILES string of the molecule is C[C@]1(CC(=O)O)C[C@H](c2cccc(Cl)c2)C(c2ccc(Cl)cc2)N(C(CO)C2CC2)C1=O. The lowest BCUT2D eigenvalue weighted by Gasteiger charge is -2.51. The fraction of sp³-hybridized carbons (Fsp3) is 0.440. The van der Waals surface area contributed by atoms with Crippen LogP contribution in [0.4, 0.5) is 0 Å². The summed E-state index contributed by atoms with van der Waals surface area (Å²) in [4.78, 5) is 27.4. The van der Waals surface area contributed by atoms with Gasteiger partial charge in [-0.1, -0.05) is 54.4 Å². The highest BCUT2D eigenvalue weighted by atomic mass is 35.5. The van der Waals surface area contributed by atoms with Gasteiger partial charge in [-0.25, -0.2) is 0 Å². The third kappa shape index (κ3) is 4.52. The number of aliphatic carboxylic acids is 1. The highest BCUT2D eigenvalue weighted by molar-refractivity contribution is 6.30. The van der Waals surface area contributed by atoms with Gasteiger partial charge in [0, 0.05) is 16.0 Å². The monoisotopic (exact) mass is 475 g/mol. The molecule has 2 aliphatic rings. The fourth-order valence-electron chi connectivity index (χ4n) is 5.19. The average molecular weight is 476 g/mol. The van der Waals surface area contributed by atoms with Crippen molar-refractivity contribution in [2.24, 2.45) is 11.3 Å². The molecular weight excluding hydrogens is 449 g/mol. The number of carbonyl (C=O) groups excluding carboxylic acids is 1. The molecule has 32 heavy (non-hydrogen) atoms. The van der Waals surface area contributed by atoms with E-state index < -0.39 is 11.4 Å². The summed E-state index contributed by atoms with van der Waals surface area (Å²) in [6, 6.07) is 14.2. The minimum Gasteiger partial charge on any atom is -0.481 e. The second-order valence-corrected chi connectivity index (χ2v) is 10.2. The van der Waals surface area contributed by atoms with Crippen LogP contribution in [0.1, 0.15) is 55.7 Å². The van der Waals surface area contributed by atoms with Gasteiger partial charge < -0.3 is 15.1 Å². The van der Waals surface area contributed by atoms with Crippen molar-refractivity contribution in [3.63, 3.8) is 0 Å². The molecule has 5 nitrogen and oxygen atoms in total. The number of piperidine rings is 1. The van der Waals surface area contributed by atoms with Gasteiger partial charge in [0.25, 0.3) is 0 Å². The first kappa shape index (κ1) is 23.1. The topological polar surface area (TPSA) is 77.8 Å². The second kappa shape index (κ2) is 9.05. The summed E-state index contributed by atoms with van der Waals surface area (Å²) in [6.07, 6.45) is 1.99. The Morgan fingerprint density at radius 1 is 1.12 bits per heavy atom. The van der Waals surface area contributed by atoms with E-state index in [2.05, 4.69) is 0 Å². The third-order valence-electron chi connectivity index (χ3n) is 6.84. The number of carboxylic acid groups (broad SMARTS) is 1. The maximum absolute atomic E-state index is 13.9. The lowest BCUT2D eigenvalue weighted by Crippen LogP contribution is -2.57. The number of likely N-dealkylation sites (tertiary alicyclic amines) is 1. The van der Waals surface area contributed by atoms with Crippen molar-refractivity contribution in [3.8, 4) is 0 Å². The molecule has 0 radical (unpaired) electrons. The van der Waals surface area contributed by atoms with Gasteiger partial charge in [-0.05, 0) is 60.6 Å². The Morgan fingerprint density at radius 2 is 1.81 bits per heavy atom. The first-order valence-corrected chi connectivity index (χ1v) is 11.7. The van der Waals surface area contributed by atoms with Gasteiger partial charge in [-0.2, -0.15) is 0 Å². The van der Waals surface area contributed by atoms with Crippen molar-refractivity contribution in [2.45, 2.75) is 50.6 Å². The van der Waals surface area contributed by atoms with Gasteiger partial charge in [0.05, 0.1) is 30.5 Å². The van der Waals surface area contributed by atoms with Crippen LogP contribution < -0.4 is 0 Å². The number of halogens is 2. The molecule has 7 heteroatoms. The Bertz CT molecular complexity index is 1010. The van der Waals surface area contributed by atoms with Crippen LogP contribution in [0.5, 0.6) is 0 Å². The molecule has 1 saturated carbocycles. The first-order valence-electron chi connectivity index (χ1n) is 10.9. The molecule has 1 amide bonds. The van der Waals surface area contributed by atoms with Crippen LogP contribution in [0.25, 0.3) is 0 Å². The highest BCUT2D eigenvalue weighted by Gasteiger charge is 2.54.